The van der Waals surface area contributed by atoms with E-state index in [-0.39, 0.29) is 17.6 Å². The number of carbonyl (C=O) groups is 1. The summed E-state index contributed by atoms with van der Waals surface area (Å²) in [6.07, 6.45) is 8.68. The third-order valence-electron chi connectivity index (χ3n) is 5.92. The number of aromatic nitrogens is 5. The van der Waals surface area contributed by atoms with Crippen molar-refractivity contribution in [1.82, 2.24) is 29.6 Å². The molecule has 5 heterocycles. The Bertz CT molecular complexity index is 1190. The van der Waals surface area contributed by atoms with E-state index in [1.807, 2.05) is 29.6 Å². The molecule has 0 atom stereocenters. The van der Waals surface area contributed by atoms with Gasteiger partial charge in [0.25, 0.3) is 5.91 Å². The molecule has 5 rings (SSSR count). The maximum Gasteiger partial charge on any atom is 0.292 e. The Labute approximate surface area is 179 Å². The Hall–Kier alpha value is -3.55. The highest BCUT2D eigenvalue weighted by molar-refractivity contribution is 5.91. The number of carbonyl (C=O) groups excluding carboxylic acids is 1. The van der Waals surface area contributed by atoms with Crippen molar-refractivity contribution in [3.63, 3.8) is 0 Å². The molecule has 1 aliphatic heterocycles. The van der Waals surface area contributed by atoms with Gasteiger partial charge in [-0.2, -0.15) is 0 Å². The fourth-order valence-corrected chi connectivity index (χ4v) is 4.24. The van der Waals surface area contributed by atoms with Gasteiger partial charge in [0.05, 0.1) is 23.7 Å². The summed E-state index contributed by atoms with van der Waals surface area (Å²) in [4.78, 5) is 28.4. The van der Waals surface area contributed by atoms with Gasteiger partial charge >= 0.3 is 0 Å². The molecule has 0 bridgehead atoms. The van der Waals surface area contributed by atoms with Crippen LogP contribution in [-0.2, 0) is 0 Å². The zero-order chi connectivity index (χ0) is 21.4. The zero-order valence-electron chi connectivity index (χ0n) is 17.6. The van der Waals surface area contributed by atoms with Gasteiger partial charge in [0.2, 0.25) is 5.76 Å². The first-order chi connectivity index (χ1) is 15.1. The van der Waals surface area contributed by atoms with E-state index in [2.05, 4.69) is 39.6 Å². The number of imidazole rings is 1. The fourth-order valence-electron chi connectivity index (χ4n) is 4.24. The molecule has 158 valence electrons. The summed E-state index contributed by atoms with van der Waals surface area (Å²) in [6, 6.07) is 8.01. The number of rotatable bonds is 4. The van der Waals surface area contributed by atoms with Crippen molar-refractivity contribution in [2.24, 2.45) is 0 Å². The van der Waals surface area contributed by atoms with Crippen molar-refractivity contribution in [1.29, 1.82) is 0 Å². The number of hydrogen-bond acceptors (Lipinski definition) is 6. The largest absolute Gasteiger partial charge is 0.351 e. The van der Waals surface area contributed by atoms with Crippen molar-refractivity contribution in [2.45, 2.75) is 38.6 Å². The molecule has 31 heavy (non-hydrogen) atoms. The smallest absolute Gasteiger partial charge is 0.292 e. The number of piperidine rings is 1. The van der Waals surface area contributed by atoms with Gasteiger partial charge in [-0.15, -0.1) is 0 Å². The summed E-state index contributed by atoms with van der Waals surface area (Å²) in [7, 11) is 0. The van der Waals surface area contributed by atoms with Gasteiger partial charge in [-0.05, 0) is 44.9 Å². The van der Waals surface area contributed by atoms with E-state index in [0.29, 0.717) is 19.1 Å². The molecule has 0 N–H and O–H groups in total. The second kappa shape index (κ2) is 7.94. The highest BCUT2D eigenvalue weighted by Crippen LogP contribution is 2.34. The third-order valence-corrected chi connectivity index (χ3v) is 5.92. The molecule has 4 aromatic heterocycles. The van der Waals surface area contributed by atoms with Gasteiger partial charge in [-0.1, -0.05) is 5.16 Å². The summed E-state index contributed by atoms with van der Waals surface area (Å²) in [5, 5.41) is 3.64. The van der Waals surface area contributed by atoms with E-state index in [9.17, 15) is 4.79 Å². The quantitative estimate of drug-likeness (QED) is 0.498. The van der Waals surface area contributed by atoms with Crippen molar-refractivity contribution >= 4 is 16.9 Å². The second-order valence-electron chi connectivity index (χ2n) is 8.19. The van der Waals surface area contributed by atoms with E-state index in [4.69, 9.17) is 9.51 Å². The fraction of sp³-hybridized carbons (Fsp3) is 0.348. The van der Waals surface area contributed by atoms with Crippen molar-refractivity contribution in [3.8, 4) is 11.3 Å². The van der Waals surface area contributed by atoms with Crippen LogP contribution in [0.15, 0.2) is 53.7 Å². The number of hydrogen-bond donors (Lipinski definition) is 0. The summed E-state index contributed by atoms with van der Waals surface area (Å²) >= 11 is 0. The minimum absolute atomic E-state index is 0.103. The molecule has 4 aromatic rings. The van der Waals surface area contributed by atoms with Crippen LogP contribution in [0.2, 0.25) is 0 Å². The molecule has 1 saturated heterocycles. The second-order valence-corrected chi connectivity index (χ2v) is 8.19. The number of likely N-dealkylation sites (tertiary alicyclic amines) is 1. The average Bonchev–Trinajstić information content (AvgIpc) is 3.49. The molecule has 0 aliphatic carbocycles. The third kappa shape index (κ3) is 3.58. The molecule has 1 amide bonds. The predicted molar refractivity (Wildman–Crippen MR) is 116 cm³/mol. The zero-order valence-corrected chi connectivity index (χ0v) is 17.6. The summed E-state index contributed by atoms with van der Waals surface area (Å²) in [5.74, 6) is 0.458. The molecule has 0 unspecified atom stereocenters. The van der Waals surface area contributed by atoms with Crippen molar-refractivity contribution in [3.05, 3.63) is 60.6 Å². The Balaban J connectivity index is 1.47. The van der Waals surface area contributed by atoms with E-state index < -0.39 is 0 Å². The van der Waals surface area contributed by atoms with Gasteiger partial charge in [0, 0.05) is 54.8 Å². The van der Waals surface area contributed by atoms with Crippen molar-refractivity contribution in [2.75, 3.05) is 13.1 Å². The minimum atomic E-state index is -0.103. The number of fused-ring (bicyclic) bond motifs is 1. The van der Waals surface area contributed by atoms with Gasteiger partial charge in [-0.25, -0.2) is 4.98 Å². The Morgan fingerprint density at radius 3 is 2.71 bits per heavy atom. The molecule has 1 aliphatic rings. The van der Waals surface area contributed by atoms with E-state index in [1.165, 1.54) is 6.20 Å². The van der Waals surface area contributed by atoms with Gasteiger partial charge in [-0.3, -0.25) is 14.8 Å². The lowest BCUT2D eigenvalue weighted by Crippen LogP contribution is -2.37. The lowest BCUT2D eigenvalue weighted by Gasteiger charge is -2.31. The number of amides is 1. The molecular formula is C23H24N6O2. The molecule has 1 fully saturated rings. The lowest BCUT2D eigenvalue weighted by molar-refractivity contribution is 0.0670. The standard InChI is InChI=1S/C23H24N6O2/c1-15(2)29-14-25-22-19(29)12-18(27-21(22)17-4-3-8-24-13-17)16-6-10-28(11-7-16)23(30)20-5-9-26-31-20/h3-5,8-9,12-16H,6-7,10-11H2,1-2H3. The molecule has 0 saturated carbocycles. The summed E-state index contributed by atoms with van der Waals surface area (Å²) in [6.45, 7) is 5.63. The van der Waals surface area contributed by atoms with Gasteiger partial charge in [0.1, 0.15) is 5.52 Å². The Kier molecular flexibility index (Phi) is 4.97. The average molecular weight is 416 g/mol. The molecule has 8 nitrogen and oxygen atoms in total. The first-order valence-electron chi connectivity index (χ1n) is 10.6. The first-order valence-corrected chi connectivity index (χ1v) is 10.6. The summed E-state index contributed by atoms with van der Waals surface area (Å²) < 4.78 is 7.21. The Morgan fingerprint density at radius 2 is 2.03 bits per heavy atom. The normalized spacial score (nSPS) is 15.1. The molecule has 0 spiro atoms. The van der Waals surface area contributed by atoms with Gasteiger partial charge < -0.3 is 14.0 Å². The SMILES string of the molecule is CC(C)n1cnc2c(-c3cccnc3)nc(C3CCN(C(=O)c4ccno4)CC3)cc21. The van der Waals surface area contributed by atoms with Crippen LogP contribution >= 0.6 is 0 Å². The maximum absolute atomic E-state index is 12.6. The van der Waals surface area contributed by atoms with E-state index >= 15 is 0 Å². The number of nitrogens with zero attached hydrogens (tertiary/aromatic N) is 6. The first kappa shape index (κ1) is 19.4. The minimum Gasteiger partial charge on any atom is -0.351 e. The number of pyridine rings is 2. The molecule has 0 aromatic carbocycles. The van der Waals surface area contributed by atoms with Crippen LogP contribution < -0.4 is 0 Å². The lowest BCUT2D eigenvalue weighted by atomic mass is 9.92. The Morgan fingerprint density at radius 1 is 1.19 bits per heavy atom. The van der Waals surface area contributed by atoms with E-state index in [1.54, 1.807) is 12.3 Å². The van der Waals surface area contributed by atoms with Crippen LogP contribution in [0.5, 0.6) is 0 Å². The molecule has 8 heteroatoms. The van der Waals surface area contributed by atoms with Crippen LogP contribution in [0.3, 0.4) is 0 Å². The topological polar surface area (TPSA) is 89.9 Å². The molecular weight excluding hydrogens is 392 g/mol. The highest BCUT2D eigenvalue weighted by Gasteiger charge is 2.28. The van der Waals surface area contributed by atoms with Crippen LogP contribution in [0.25, 0.3) is 22.3 Å². The van der Waals surface area contributed by atoms with Crippen LogP contribution in [0.1, 0.15) is 54.9 Å². The predicted octanol–water partition coefficient (Wildman–Crippen LogP) is 4.08. The van der Waals surface area contributed by atoms with Crippen LogP contribution in [-0.4, -0.2) is 48.6 Å². The maximum atomic E-state index is 12.6. The van der Waals surface area contributed by atoms with Crippen LogP contribution in [0, 0.1) is 0 Å². The summed E-state index contributed by atoms with van der Waals surface area (Å²) in [5.41, 5.74) is 4.84. The molecule has 0 radical (unpaired) electrons. The van der Waals surface area contributed by atoms with E-state index in [0.717, 1.165) is 40.8 Å². The van der Waals surface area contributed by atoms with Crippen LogP contribution in [0.4, 0.5) is 0 Å². The monoisotopic (exact) mass is 416 g/mol. The van der Waals surface area contributed by atoms with Gasteiger partial charge in [0.15, 0.2) is 0 Å². The highest BCUT2D eigenvalue weighted by atomic mass is 16.5. The van der Waals surface area contributed by atoms with Crippen molar-refractivity contribution < 1.29 is 9.32 Å².